The first kappa shape index (κ1) is 18.6. The molecular formula is C18H15N5O5. The molecule has 2 aromatic carbocycles. The van der Waals surface area contributed by atoms with Gasteiger partial charge in [0.05, 0.1) is 23.4 Å². The molecule has 142 valence electrons. The predicted molar refractivity (Wildman–Crippen MR) is 99.7 cm³/mol. The van der Waals surface area contributed by atoms with E-state index >= 15 is 0 Å². The van der Waals surface area contributed by atoms with Crippen LogP contribution >= 0.6 is 0 Å². The summed E-state index contributed by atoms with van der Waals surface area (Å²) in [5.41, 5.74) is 6.13. The molecule has 3 aromatic rings. The Bertz CT molecular complexity index is 1080. The predicted octanol–water partition coefficient (Wildman–Crippen LogP) is 2.14. The van der Waals surface area contributed by atoms with Gasteiger partial charge < -0.3 is 15.8 Å². The number of anilines is 1. The molecule has 0 radical (unpaired) electrons. The number of aromatic nitrogens is 2. The normalized spacial score (nSPS) is 10.3. The van der Waals surface area contributed by atoms with E-state index in [0.29, 0.717) is 11.4 Å². The van der Waals surface area contributed by atoms with E-state index in [1.54, 1.807) is 6.07 Å². The molecule has 1 aromatic heterocycles. The van der Waals surface area contributed by atoms with Crippen molar-refractivity contribution in [2.24, 2.45) is 5.73 Å². The number of amides is 2. The maximum absolute atomic E-state index is 12.5. The maximum Gasteiger partial charge on any atom is 0.276 e. The molecular weight excluding hydrogens is 366 g/mol. The summed E-state index contributed by atoms with van der Waals surface area (Å²) >= 11 is 0. The van der Waals surface area contributed by atoms with Gasteiger partial charge in [0.2, 0.25) is 5.91 Å². The monoisotopic (exact) mass is 381 g/mol. The topological polar surface area (TPSA) is 142 Å². The van der Waals surface area contributed by atoms with Gasteiger partial charge in [0.1, 0.15) is 5.75 Å². The number of methoxy groups -OCH3 is 1. The first-order chi connectivity index (χ1) is 13.4. The number of nitrogens with zero attached hydrogens (tertiary/aromatic N) is 3. The fourth-order valence-corrected chi connectivity index (χ4v) is 2.48. The summed E-state index contributed by atoms with van der Waals surface area (Å²) in [7, 11) is 1.42. The van der Waals surface area contributed by atoms with Gasteiger partial charge in [0, 0.05) is 23.9 Å². The highest BCUT2D eigenvalue weighted by Gasteiger charge is 2.15. The van der Waals surface area contributed by atoms with Gasteiger partial charge >= 0.3 is 0 Å². The van der Waals surface area contributed by atoms with Crippen LogP contribution in [0.1, 0.15) is 20.8 Å². The molecule has 0 aliphatic carbocycles. The van der Waals surface area contributed by atoms with Crippen LogP contribution in [-0.2, 0) is 0 Å². The SMILES string of the molecule is COc1ccc(C(N)=O)cc1NC(=O)c1ccn(-c2cccc([N+](=O)[O-])c2)n1. The summed E-state index contributed by atoms with van der Waals surface area (Å²) in [5.74, 6) is -0.853. The number of benzene rings is 2. The van der Waals surface area contributed by atoms with Crippen molar-refractivity contribution in [3.05, 3.63) is 76.1 Å². The van der Waals surface area contributed by atoms with Crippen molar-refractivity contribution in [2.75, 3.05) is 12.4 Å². The molecule has 2 amide bonds. The Kier molecular flexibility index (Phi) is 5.03. The van der Waals surface area contributed by atoms with Crippen molar-refractivity contribution < 1.29 is 19.2 Å². The minimum absolute atomic E-state index is 0.0676. The van der Waals surface area contributed by atoms with E-state index in [2.05, 4.69) is 10.4 Å². The van der Waals surface area contributed by atoms with Gasteiger partial charge in [0.25, 0.3) is 11.6 Å². The van der Waals surface area contributed by atoms with Crippen molar-refractivity contribution >= 4 is 23.2 Å². The number of primary amides is 1. The van der Waals surface area contributed by atoms with E-state index in [-0.39, 0.29) is 22.6 Å². The lowest BCUT2D eigenvalue weighted by Crippen LogP contribution is -2.16. The standard InChI is InChI=1S/C18H15N5O5/c1-28-16-6-5-11(17(19)24)9-15(16)20-18(25)14-7-8-22(21-14)12-3-2-4-13(10-12)23(26)27/h2-10H,1H3,(H2,19,24)(H,20,25). The zero-order valence-electron chi connectivity index (χ0n) is 14.7. The van der Waals surface area contributed by atoms with E-state index in [9.17, 15) is 19.7 Å². The summed E-state index contributed by atoms with van der Waals surface area (Å²) in [4.78, 5) is 34.3. The van der Waals surface area contributed by atoms with Crippen molar-refractivity contribution in [3.8, 4) is 11.4 Å². The average Bonchev–Trinajstić information content (AvgIpc) is 3.18. The van der Waals surface area contributed by atoms with E-state index < -0.39 is 16.7 Å². The number of nitro benzene ring substituents is 1. The van der Waals surface area contributed by atoms with E-state index in [4.69, 9.17) is 10.5 Å². The third-order valence-corrected chi connectivity index (χ3v) is 3.86. The molecule has 0 fully saturated rings. The van der Waals surface area contributed by atoms with Crippen LogP contribution in [-0.4, -0.2) is 33.6 Å². The lowest BCUT2D eigenvalue weighted by molar-refractivity contribution is -0.384. The molecule has 1 heterocycles. The molecule has 0 aliphatic heterocycles. The Balaban J connectivity index is 1.85. The molecule has 0 spiro atoms. The number of carbonyl (C=O) groups is 2. The Morgan fingerprint density at radius 3 is 2.68 bits per heavy atom. The summed E-state index contributed by atoms with van der Waals surface area (Å²) in [5, 5.41) is 17.7. The van der Waals surface area contributed by atoms with Gasteiger partial charge in [-0.2, -0.15) is 5.10 Å². The molecule has 0 atom stereocenters. The molecule has 0 saturated heterocycles. The third-order valence-electron chi connectivity index (χ3n) is 3.86. The Labute approximate surface area is 158 Å². The molecule has 0 aliphatic rings. The molecule has 0 saturated carbocycles. The zero-order chi connectivity index (χ0) is 20.3. The van der Waals surface area contributed by atoms with Crippen LogP contribution in [0.15, 0.2) is 54.7 Å². The lowest BCUT2D eigenvalue weighted by atomic mass is 10.1. The van der Waals surface area contributed by atoms with Crippen LogP contribution in [0.3, 0.4) is 0 Å². The molecule has 10 nitrogen and oxygen atoms in total. The quantitative estimate of drug-likeness (QED) is 0.495. The lowest BCUT2D eigenvalue weighted by Gasteiger charge is -2.10. The Hall–Kier alpha value is -4.21. The van der Waals surface area contributed by atoms with E-state index in [0.717, 1.165) is 0 Å². The largest absolute Gasteiger partial charge is 0.495 e. The number of nitrogens with one attached hydrogen (secondary N) is 1. The number of ether oxygens (including phenoxy) is 1. The van der Waals surface area contributed by atoms with Gasteiger partial charge in [-0.1, -0.05) is 6.07 Å². The molecule has 3 rings (SSSR count). The van der Waals surface area contributed by atoms with Gasteiger partial charge in [-0.05, 0) is 30.3 Å². The minimum Gasteiger partial charge on any atom is -0.495 e. The number of rotatable bonds is 6. The first-order valence-electron chi connectivity index (χ1n) is 7.98. The second-order valence-corrected chi connectivity index (χ2v) is 5.66. The highest BCUT2D eigenvalue weighted by Crippen LogP contribution is 2.26. The fourth-order valence-electron chi connectivity index (χ4n) is 2.48. The molecule has 28 heavy (non-hydrogen) atoms. The second-order valence-electron chi connectivity index (χ2n) is 5.66. The minimum atomic E-state index is -0.645. The number of hydrogen-bond donors (Lipinski definition) is 2. The number of non-ortho nitro benzene ring substituents is 1. The summed E-state index contributed by atoms with van der Waals surface area (Å²) in [6, 6.07) is 11.7. The highest BCUT2D eigenvalue weighted by molar-refractivity contribution is 6.04. The Morgan fingerprint density at radius 1 is 1.21 bits per heavy atom. The molecule has 0 bridgehead atoms. The van der Waals surface area contributed by atoms with Gasteiger partial charge in [-0.3, -0.25) is 19.7 Å². The molecule has 0 unspecified atom stereocenters. The molecule has 3 N–H and O–H groups in total. The zero-order valence-corrected chi connectivity index (χ0v) is 14.7. The number of carbonyl (C=O) groups excluding carboxylic acids is 2. The van der Waals surface area contributed by atoms with Gasteiger partial charge in [-0.25, -0.2) is 4.68 Å². The van der Waals surface area contributed by atoms with Crippen molar-refractivity contribution in [1.82, 2.24) is 9.78 Å². The van der Waals surface area contributed by atoms with Crippen molar-refractivity contribution in [2.45, 2.75) is 0 Å². The smallest absolute Gasteiger partial charge is 0.276 e. The maximum atomic E-state index is 12.5. The summed E-state index contributed by atoms with van der Waals surface area (Å²) in [6.07, 6.45) is 1.50. The molecule has 10 heteroatoms. The average molecular weight is 381 g/mol. The van der Waals surface area contributed by atoms with Crippen LogP contribution in [0.25, 0.3) is 5.69 Å². The van der Waals surface area contributed by atoms with Gasteiger partial charge in [-0.15, -0.1) is 0 Å². The highest BCUT2D eigenvalue weighted by atomic mass is 16.6. The number of hydrogen-bond acceptors (Lipinski definition) is 6. The fraction of sp³-hybridized carbons (Fsp3) is 0.0556. The van der Waals surface area contributed by atoms with E-state index in [1.807, 2.05) is 0 Å². The van der Waals surface area contributed by atoms with Gasteiger partial charge in [0.15, 0.2) is 5.69 Å². The van der Waals surface area contributed by atoms with Crippen LogP contribution in [0.5, 0.6) is 5.75 Å². The first-order valence-corrected chi connectivity index (χ1v) is 7.98. The number of nitro groups is 1. The van der Waals surface area contributed by atoms with Crippen molar-refractivity contribution in [1.29, 1.82) is 0 Å². The van der Waals surface area contributed by atoms with Crippen molar-refractivity contribution in [3.63, 3.8) is 0 Å². The van der Waals surface area contributed by atoms with Crippen LogP contribution in [0.2, 0.25) is 0 Å². The second kappa shape index (κ2) is 7.58. The Morgan fingerprint density at radius 2 is 2.00 bits per heavy atom. The van der Waals surface area contributed by atoms with Crippen LogP contribution in [0.4, 0.5) is 11.4 Å². The summed E-state index contributed by atoms with van der Waals surface area (Å²) in [6.45, 7) is 0. The number of nitrogens with two attached hydrogens (primary N) is 1. The third kappa shape index (κ3) is 3.80. The van der Waals surface area contributed by atoms with E-state index in [1.165, 1.54) is 60.5 Å². The van der Waals surface area contributed by atoms with Crippen LogP contribution < -0.4 is 15.8 Å². The summed E-state index contributed by atoms with van der Waals surface area (Å²) < 4.78 is 6.52. The van der Waals surface area contributed by atoms with Crippen LogP contribution in [0, 0.1) is 10.1 Å².